The molecule has 0 atom stereocenters. The van der Waals surface area contributed by atoms with Crippen molar-refractivity contribution in [2.45, 2.75) is 0 Å². The van der Waals surface area contributed by atoms with E-state index >= 15 is 0 Å². The molecule has 0 fully saturated rings. The first-order valence-corrected chi connectivity index (χ1v) is 6.67. The second-order valence-corrected chi connectivity index (χ2v) is 5.13. The highest BCUT2D eigenvalue weighted by Gasteiger charge is 2.03. The van der Waals surface area contributed by atoms with Crippen LogP contribution in [0.3, 0.4) is 0 Å². The van der Waals surface area contributed by atoms with Crippen LogP contribution in [0.2, 0.25) is 0 Å². The first-order chi connectivity index (χ1) is 9.08. The largest absolute Gasteiger partial charge is 0.497 e. The van der Waals surface area contributed by atoms with Gasteiger partial charge in [-0.1, -0.05) is 34.2 Å². The number of rotatable bonds is 4. The predicted molar refractivity (Wildman–Crippen MR) is 84.1 cm³/mol. The Morgan fingerprint density at radius 3 is 2.84 bits per heavy atom. The highest BCUT2D eigenvalue weighted by molar-refractivity contribution is 9.10. The number of pyridine rings is 1. The van der Waals surface area contributed by atoms with Crippen LogP contribution in [-0.2, 0) is 0 Å². The minimum absolute atomic E-state index is 0.274. The normalized spacial score (nSPS) is 10.0. The van der Waals surface area contributed by atoms with Crippen molar-refractivity contribution in [3.63, 3.8) is 0 Å². The average Bonchev–Trinajstić information content (AvgIpc) is 2.38. The molecule has 1 heterocycles. The lowest BCUT2D eigenvalue weighted by atomic mass is 10.3. The molecule has 0 aliphatic rings. The first kappa shape index (κ1) is 13.8. The zero-order valence-electron chi connectivity index (χ0n) is 10.2. The Labute approximate surface area is 125 Å². The molecule has 0 saturated carbocycles. The summed E-state index contributed by atoms with van der Waals surface area (Å²) >= 11 is 8.33. The number of hydrogen-bond acceptors (Lipinski definition) is 4. The number of nitrogens with one attached hydrogen (secondary N) is 1. The second-order valence-electron chi connectivity index (χ2n) is 3.78. The van der Waals surface area contributed by atoms with Crippen molar-refractivity contribution in [3.05, 3.63) is 46.6 Å². The summed E-state index contributed by atoms with van der Waals surface area (Å²) in [6.07, 6.45) is 0. The molecule has 0 aliphatic carbocycles. The molecule has 98 valence electrons. The minimum atomic E-state index is 0.274. The molecule has 0 radical (unpaired) electrons. The molecule has 0 amide bonds. The summed E-state index contributed by atoms with van der Waals surface area (Å²) in [6, 6.07) is 11.1. The van der Waals surface area contributed by atoms with E-state index < -0.39 is 0 Å². The summed E-state index contributed by atoms with van der Waals surface area (Å²) in [7, 11) is 1.62. The maximum Gasteiger partial charge on any atom is 0.131 e. The molecule has 3 N–H and O–H groups in total. The lowest BCUT2D eigenvalue weighted by Gasteiger charge is -2.09. The molecule has 1 aromatic heterocycles. The first-order valence-electron chi connectivity index (χ1n) is 5.47. The van der Waals surface area contributed by atoms with E-state index in [1.807, 2.05) is 30.3 Å². The number of ether oxygens (including phenoxy) is 1. The highest BCUT2D eigenvalue weighted by Crippen LogP contribution is 2.26. The lowest BCUT2D eigenvalue weighted by molar-refractivity contribution is 0.415. The van der Waals surface area contributed by atoms with Crippen LogP contribution in [0.4, 0.5) is 11.5 Å². The molecule has 0 aliphatic heterocycles. The second kappa shape index (κ2) is 5.99. The maximum absolute atomic E-state index is 5.56. The van der Waals surface area contributed by atoms with Crippen molar-refractivity contribution in [1.29, 1.82) is 0 Å². The van der Waals surface area contributed by atoms with Crippen molar-refractivity contribution < 1.29 is 4.74 Å². The number of nitrogens with zero attached hydrogens (tertiary/aromatic N) is 1. The highest BCUT2D eigenvalue weighted by atomic mass is 79.9. The zero-order chi connectivity index (χ0) is 13.8. The van der Waals surface area contributed by atoms with E-state index in [2.05, 4.69) is 26.2 Å². The Balaban J connectivity index is 2.28. The van der Waals surface area contributed by atoms with Crippen molar-refractivity contribution in [3.8, 4) is 5.75 Å². The maximum atomic E-state index is 5.56. The Hall–Kier alpha value is -1.66. The van der Waals surface area contributed by atoms with Crippen LogP contribution < -0.4 is 15.8 Å². The number of anilines is 2. The van der Waals surface area contributed by atoms with Gasteiger partial charge >= 0.3 is 0 Å². The number of nitrogens with two attached hydrogens (primary N) is 1. The van der Waals surface area contributed by atoms with Crippen molar-refractivity contribution >= 4 is 44.6 Å². The molecule has 0 saturated heterocycles. The fourth-order valence-electron chi connectivity index (χ4n) is 1.54. The fraction of sp³-hybridized carbons (Fsp3) is 0.0769. The molecule has 2 rings (SSSR count). The number of hydrogen-bond donors (Lipinski definition) is 2. The Morgan fingerprint density at radius 2 is 2.16 bits per heavy atom. The third-order valence-corrected chi connectivity index (χ3v) is 3.05. The van der Waals surface area contributed by atoms with Gasteiger partial charge in [0.05, 0.1) is 12.8 Å². The Morgan fingerprint density at radius 1 is 1.37 bits per heavy atom. The molecular formula is C13H12BrN3OS. The number of methoxy groups -OCH3 is 1. The summed E-state index contributed by atoms with van der Waals surface area (Å²) in [6.45, 7) is 0. The van der Waals surface area contributed by atoms with Crippen LogP contribution >= 0.6 is 28.1 Å². The zero-order valence-corrected chi connectivity index (χ0v) is 12.6. The van der Waals surface area contributed by atoms with Crippen LogP contribution in [0.15, 0.2) is 40.9 Å². The molecule has 4 nitrogen and oxygen atoms in total. The summed E-state index contributed by atoms with van der Waals surface area (Å²) in [4.78, 5) is 4.59. The quantitative estimate of drug-likeness (QED) is 0.838. The molecular weight excluding hydrogens is 326 g/mol. The molecule has 19 heavy (non-hydrogen) atoms. The number of benzene rings is 1. The minimum Gasteiger partial charge on any atom is -0.497 e. The molecule has 2 aromatic rings. The average molecular weight is 338 g/mol. The molecule has 1 aromatic carbocycles. The van der Waals surface area contributed by atoms with E-state index in [9.17, 15) is 0 Å². The van der Waals surface area contributed by atoms with E-state index in [0.717, 1.165) is 15.9 Å². The van der Waals surface area contributed by atoms with Crippen molar-refractivity contribution in [2.75, 3.05) is 12.4 Å². The molecule has 0 unspecified atom stereocenters. The number of aromatic nitrogens is 1. The Kier molecular flexibility index (Phi) is 4.34. The van der Waals surface area contributed by atoms with Gasteiger partial charge in [0.25, 0.3) is 0 Å². The van der Waals surface area contributed by atoms with Crippen LogP contribution in [-0.4, -0.2) is 17.1 Å². The third-order valence-electron chi connectivity index (χ3n) is 2.38. The summed E-state index contributed by atoms with van der Waals surface area (Å²) in [5.41, 5.74) is 7.00. The van der Waals surface area contributed by atoms with E-state index in [0.29, 0.717) is 11.5 Å². The van der Waals surface area contributed by atoms with E-state index in [1.165, 1.54) is 0 Å². The Bertz CT molecular complexity index is 619. The van der Waals surface area contributed by atoms with E-state index in [-0.39, 0.29) is 4.99 Å². The smallest absolute Gasteiger partial charge is 0.131 e. The topological polar surface area (TPSA) is 60.2 Å². The number of halogens is 1. The molecule has 0 spiro atoms. The molecule has 0 bridgehead atoms. The van der Waals surface area contributed by atoms with E-state index in [1.54, 1.807) is 13.2 Å². The lowest BCUT2D eigenvalue weighted by Crippen LogP contribution is -2.12. The number of thiocarbonyl (C=S) groups is 1. The van der Waals surface area contributed by atoms with Gasteiger partial charge in [-0.3, -0.25) is 0 Å². The van der Waals surface area contributed by atoms with Gasteiger partial charge in [-0.25, -0.2) is 4.98 Å². The fourth-order valence-corrected chi connectivity index (χ4v) is 2.13. The summed E-state index contributed by atoms with van der Waals surface area (Å²) < 4.78 is 6.12. The SMILES string of the molecule is COc1cc(Br)cc(Nc2cccc(C(N)=S)n2)c1. The predicted octanol–water partition coefficient (Wildman–Crippen LogP) is 3.23. The van der Waals surface area contributed by atoms with Crippen LogP contribution in [0, 0.1) is 0 Å². The third kappa shape index (κ3) is 3.65. The van der Waals surface area contributed by atoms with Crippen molar-refractivity contribution in [2.24, 2.45) is 5.73 Å². The van der Waals surface area contributed by atoms with Gasteiger partial charge in [0.2, 0.25) is 0 Å². The van der Waals surface area contributed by atoms with Crippen molar-refractivity contribution in [1.82, 2.24) is 4.98 Å². The van der Waals surface area contributed by atoms with Gasteiger partial charge in [0.15, 0.2) is 0 Å². The van der Waals surface area contributed by atoms with Crippen LogP contribution in [0.1, 0.15) is 5.69 Å². The van der Waals surface area contributed by atoms with Gasteiger partial charge in [0.1, 0.15) is 16.6 Å². The van der Waals surface area contributed by atoms with Gasteiger partial charge in [-0.15, -0.1) is 0 Å². The van der Waals surface area contributed by atoms with Gasteiger partial charge < -0.3 is 15.8 Å². The van der Waals surface area contributed by atoms with E-state index in [4.69, 9.17) is 22.7 Å². The summed E-state index contributed by atoms with van der Waals surface area (Å²) in [5.74, 6) is 1.42. The molecule has 6 heteroatoms. The standard InChI is InChI=1S/C13H12BrN3OS/c1-18-10-6-8(14)5-9(7-10)16-12-4-2-3-11(17-12)13(15)19/h2-7H,1H3,(H2,15,19)(H,16,17). The van der Waals surface area contributed by atoms with Crippen LogP contribution in [0.25, 0.3) is 0 Å². The van der Waals surface area contributed by atoms with Gasteiger partial charge in [-0.2, -0.15) is 0 Å². The van der Waals surface area contributed by atoms with Gasteiger partial charge in [0, 0.05) is 16.2 Å². The monoisotopic (exact) mass is 337 g/mol. The summed E-state index contributed by atoms with van der Waals surface area (Å²) in [5, 5.41) is 3.18. The van der Waals surface area contributed by atoms with Gasteiger partial charge in [-0.05, 0) is 24.3 Å². The van der Waals surface area contributed by atoms with Crippen LogP contribution in [0.5, 0.6) is 5.75 Å².